The number of pyridine rings is 1. The number of nitrogens with one attached hydrogen (secondary N) is 2. The van der Waals surface area contributed by atoms with Gasteiger partial charge in [0.15, 0.2) is 5.76 Å². The first-order valence-corrected chi connectivity index (χ1v) is 9.74. The van der Waals surface area contributed by atoms with Gasteiger partial charge in [-0.15, -0.1) is 0 Å². The molecule has 0 fully saturated rings. The van der Waals surface area contributed by atoms with E-state index < -0.39 is 11.8 Å². The van der Waals surface area contributed by atoms with Crippen molar-refractivity contribution in [2.45, 2.75) is 6.42 Å². The fourth-order valence-electron chi connectivity index (χ4n) is 3.01. The van der Waals surface area contributed by atoms with Crippen molar-refractivity contribution < 1.29 is 14.0 Å². The van der Waals surface area contributed by atoms with Crippen LogP contribution in [-0.2, 0) is 11.2 Å². The highest BCUT2D eigenvalue weighted by atomic mass is 35.5. The third kappa shape index (κ3) is 4.15. The molecule has 30 heavy (non-hydrogen) atoms. The molecule has 150 valence electrons. The molecule has 0 radical (unpaired) electrons. The number of carbonyl (C=O) groups is 2. The molecule has 0 aliphatic carbocycles. The van der Waals surface area contributed by atoms with Crippen LogP contribution in [-0.4, -0.2) is 16.8 Å². The molecule has 4 rings (SSSR count). The molecular weight excluding hydrogens is 425 g/mol. The molecule has 0 aliphatic heterocycles. The fourth-order valence-corrected chi connectivity index (χ4v) is 3.54. The molecule has 0 bridgehead atoms. The van der Waals surface area contributed by atoms with E-state index in [1.165, 1.54) is 6.26 Å². The minimum Gasteiger partial charge on any atom is -0.463 e. The van der Waals surface area contributed by atoms with Gasteiger partial charge >= 0.3 is 0 Å². The number of halogens is 2. The maximum Gasteiger partial charge on any atom is 0.270 e. The van der Waals surface area contributed by atoms with Crippen molar-refractivity contribution in [2.75, 3.05) is 0 Å². The predicted octanol–water partition coefficient (Wildman–Crippen LogP) is 4.81. The van der Waals surface area contributed by atoms with E-state index in [4.69, 9.17) is 27.6 Å². The van der Waals surface area contributed by atoms with Gasteiger partial charge in [0.25, 0.3) is 5.91 Å². The Morgan fingerprint density at radius 2 is 1.70 bits per heavy atom. The highest BCUT2D eigenvalue weighted by Crippen LogP contribution is 2.26. The number of hydrazine groups is 1. The van der Waals surface area contributed by atoms with Crippen LogP contribution >= 0.6 is 23.2 Å². The van der Waals surface area contributed by atoms with Crippen LogP contribution in [0.5, 0.6) is 0 Å². The quantitative estimate of drug-likeness (QED) is 0.447. The molecule has 8 heteroatoms. The van der Waals surface area contributed by atoms with Gasteiger partial charge in [0.1, 0.15) is 5.69 Å². The average Bonchev–Trinajstić information content (AvgIpc) is 3.29. The number of hydrogen-bond acceptors (Lipinski definition) is 4. The number of nitrogens with zero attached hydrogens (tertiary/aromatic N) is 1. The Kier molecular flexibility index (Phi) is 5.70. The van der Waals surface area contributed by atoms with Gasteiger partial charge in [0, 0.05) is 15.4 Å². The lowest BCUT2D eigenvalue weighted by Gasteiger charge is -2.11. The Morgan fingerprint density at radius 1 is 0.933 bits per heavy atom. The average molecular weight is 440 g/mol. The van der Waals surface area contributed by atoms with Crippen molar-refractivity contribution >= 4 is 45.9 Å². The van der Waals surface area contributed by atoms with Crippen molar-refractivity contribution in [2.24, 2.45) is 0 Å². The first-order valence-electron chi connectivity index (χ1n) is 8.98. The SMILES string of the molecule is O=C(Cc1c(Cl)cccc1Cl)NNC(=O)c1cc(-c2ccco2)nc2ccccc12. The molecule has 0 unspecified atom stereocenters. The van der Waals surface area contributed by atoms with Gasteiger partial charge in [-0.2, -0.15) is 0 Å². The first-order chi connectivity index (χ1) is 14.5. The van der Waals surface area contributed by atoms with Gasteiger partial charge in [-0.25, -0.2) is 4.98 Å². The number of fused-ring (bicyclic) bond motifs is 1. The third-order valence-corrected chi connectivity index (χ3v) is 5.16. The number of rotatable bonds is 4. The van der Waals surface area contributed by atoms with Gasteiger partial charge in [-0.3, -0.25) is 20.4 Å². The van der Waals surface area contributed by atoms with Crippen molar-refractivity contribution in [3.05, 3.63) is 88.1 Å². The van der Waals surface area contributed by atoms with Crippen LogP contribution in [0, 0.1) is 0 Å². The van der Waals surface area contributed by atoms with Crippen LogP contribution in [0.25, 0.3) is 22.4 Å². The van der Waals surface area contributed by atoms with Crippen LogP contribution in [0.3, 0.4) is 0 Å². The Balaban J connectivity index is 1.55. The summed E-state index contributed by atoms with van der Waals surface area (Å²) in [6.07, 6.45) is 1.46. The zero-order valence-electron chi connectivity index (χ0n) is 15.5. The summed E-state index contributed by atoms with van der Waals surface area (Å²) < 4.78 is 5.40. The Bertz CT molecular complexity index is 1220. The molecule has 0 saturated carbocycles. The monoisotopic (exact) mass is 439 g/mol. The van der Waals surface area contributed by atoms with E-state index in [-0.39, 0.29) is 6.42 Å². The lowest BCUT2D eigenvalue weighted by atomic mass is 10.1. The Morgan fingerprint density at radius 3 is 2.43 bits per heavy atom. The number of para-hydroxylation sites is 1. The zero-order valence-corrected chi connectivity index (χ0v) is 17.0. The van der Waals surface area contributed by atoms with Gasteiger partial charge < -0.3 is 4.42 Å². The number of furan rings is 1. The first kappa shape index (κ1) is 19.9. The largest absolute Gasteiger partial charge is 0.463 e. The summed E-state index contributed by atoms with van der Waals surface area (Å²) in [4.78, 5) is 29.7. The minimum absolute atomic E-state index is 0.0759. The second-order valence-corrected chi connectivity index (χ2v) is 7.24. The molecule has 2 N–H and O–H groups in total. The van der Waals surface area contributed by atoms with E-state index >= 15 is 0 Å². The summed E-state index contributed by atoms with van der Waals surface area (Å²) in [6.45, 7) is 0. The fraction of sp³-hybridized carbons (Fsp3) is 0.0455. The highest BCUT2D eigenvalue weighted by molar-refractivity contribution is 6.36. The van der Waals surface area contributed by atoms with Gasteiger partial charge in [0.05, 0.1) is 23.8 Å². The second-order valence-electron chi connectivity index (χ2n) is 6.43. The third-order valence-electron chi connectivity index (χ3n) is 4.45. The maximum atomic E-state index is 12.8. The standard InChI is InChI=1S/C22H15Cl2N3O3/c23-16-6-3-7-17(24)15(16)12-21(28)26-27-22(29)14-11-19(20-9-4-10-30-20)25-18-8-2-1-5-13(14)18/h1-11H,12H2,(H,26,28)(H,27,29). The lowest BCUT2D eigenvalue weighted by molar-refractivity contribution is -0.121. The molecule has 2 aromatic carbocycles. The van der Waals surface area contributed by atoms with Gasteiger partial charge in [-0.05, 0) is 42.0 Å². The molecule has 0 atom stereocenters. The van der Waals surface area contributed by atoms with Gasteiger partial charge in [0.2, 0.25) is 5.91 Å². The van der Waals surface area contributed by atoms with E-state index in [2.05, 4.69) is 15.8 Å². The van der Waals surface area contributed by atoms with E-state index in [1.54, 1.807) is 48.5 Å². The van der Waals surface area contributed by atoms with Crippen LogP contribution < -0.4 is 10.9 Å². The maximum absolute atomic E-state index is 12.8. The normalized spacial score (nSPS) is 10.7. The van der Waals surface area contributed by atoms with Crippen LogP contribution in [0.1, 0.15) is 15.9 Å². The van der Waals surface area contributed by atoms with Crippen molar-refractivity contribution in [3.63, 3.8) is 0 Å². The summed E-state index contributed by atoms with van der Waals surface area (Å²) in [7, 11) is 0. The molecule has 2 aromatic heterocycles. The molecule has 0 aliphatic rings. The minimum atomic E-state index is -0.486. The molecular formula is C22H15Cl2N3O3. The second kappa shape index (κ2) is 8.57. The summed E-state index contributed by atoms with van der Waals surface area (Å²) in [5.74, 6) is -0.407. The highest BCUT2D eigenvalue weighted by Gasteiger charge is 2.16. The van der Waals surface area contributed by atoms with Crippen LogP contribution in [0.15, 0.2) is 71.3 Å². The van der Waals surface area contributed by atoms with Crippen molar-refractivity contribution in [1.82, 2.24) is 15.8 Å². The van der Waals surface area contributed by atoms with E-state index in [0.29, 0.717) is 43.5 Å². The Labute approximate surface area is 181 Å². The molecule has 0 saturated heterocycles. The number of hydrogen-bond donors (Lipinski definition) is 2. The summed E-state index contributed by atoms with van der Waals surface area (Å²) >= 11 is 12.2. The number of benzene rings is 2. The Hall–Kier alpha value is -3.35. The topological polar surface area (TPSA) is 84.2 Å². The van der Waals surface area contributed by atoms with E-state index in [0.717, 1.165) is 0 Å². The van der Waals surface area contributed by atoms with E-state index in [9.17, 15) is 9.59 Å². The number of aromatic nitrogens is 1. The number of carbonyl (C=O) groups excluding carboxylic acids is 2. The van der Waals surface area contributed by atoms with Crippen molar-refractivity contribution in [1.29, 1.82) is 0 Å². The van der Waals surface area contributed by atoms with Crippen LogP contribution in [0.4, 0.5) is 0 Å². The molecule has 2 heterocycles. The van der Waals surface area contributed by atoms with E-state index in [1.807, 2.05) is 12.1 Å². The molecule has 6 nitrogen and oxygen atoms in total. The van der Waals surface area contributed by atoms with Gasteiger partial charge in [-0.1, -0.05) is 47.5 Å². The molecule has 4 aromatic rings. The lowest BCUT2D eigenvalue weighted by Crippen LogP contribution is -2.42. The summed E-state index contributed by atoms with van der Waals surface area (Å²) in [5, 5.41) is 1.41. The number of amides is 2. The van der Waals surface area contributed by atoms with Crippen LogP contribution in [0.2, 0.25) is 10.0 Å². The molecule has 0 spiro atoms. The summed E-state index contributed by atoms with van der Waals surface area (Å²) in [6, 6.07) is 17.3. The zero-order chi connectivity index (χ0) is 21.1. The summed E-state index contributed by atoms with van der Waals surface area (Å²) in [5.41, 5.74) is 6.82. The molecule has 2 amide bonds. The van der Waals surface area contributed by atoms with Crippen molar-refractivity contribution in [3.8, 4) is 11.5 Å². The predicted molar refractivity (Wildman–Crippen MR) is 115 cm³/mol. The smallest absolute Gasteiger partial charge is 0.270 e.